The van der Waals surface area contributed by atoms with Crippen molar-refractivity contribution in [1.82, 2.24) is 0 Å². The summed E-state index contributed by atoms with van der Waals surface area (Å²) < 4.78 is 0. The van der Waals surface area contributed by atoms with Crippen LogP contribution in [0.3, 0.4) is 0 Å². The third kappa shape index (κ3) is 2.41. The Morgan fingerprint density at radius 3 is 1.05 bits per heavy atom. The molecule has 3 fully saturated rings. The minimum Gasteiger partial charge on any atom is -0.0494 e. The van der Waals surface area contributed by atoms with Gasteiger partial charge in [-0.05, 0) is 90.9 Å². The fourth-order valence-electron chi connectivity index (χ4n) is 6.21. The fraction of sp³-hybridized carbons (Fsp3) is 1.00. The van der Waals surface area contributed by atoms with Gasteiger partial charge in [0.2, 0.25) is 0 Å². The summed E-state index contributed by atoms with van der Waals surface area (Å²) in [7, 11) is -0.711. The van der Waals surface area contributed by atoms with Crippen LogP contribution in [0.2, 0.25) is 0 Å². The zero-order valence-corrected chi connectivity index (χ0v) is 14.1. The highest BCUT2D eigenvalue weighted by atomic mass is 31.2. The summed E-state index contributed by atoms with van der Waals surface area (Å²) in [6.07, 6.45) is 19.0. The van der Waals surface area contributed by atoms with Crippen molar-refractivity contribution in [3.8, 4) is 0 Å². The predicted octanol–water partition coefficient (Wildman–Crippen LogP) is 6.24. The van der Waals surface area contributed by atoms with E-state index in [1.54, 1.807) is 77.0 Å². The van der Waals surface area contributed by atoms with Crippen molar-refractivity contribution in [2.24, 2.45) is 0 Å². The van der Waals surface area contributed by atoms with Crippen LogP contribution in [0.1, 0.15) is 90.9 Å². The van der Waals surface area contributed by atoms with E-state index in [9.17, 15) is 0 Å². The van der Waals surface area contributed by atoms with Crippen LogP contribution < -0.4 is 0 Å². The Hall–Kier alpha value is 0.430. The minimum atomic E-state index is -0.711. The van der Waals surface area contributed by atoms with E-state index >= 15 is 0 Å². The van der Waals surface area contributed by atoms with Crippen LogP contribution in [0.15, 0.2) is 0 Å². The van der Waals surface area contributed by atoms with E-state index in [1.165, 1.54) is 17.0 Å². The summed E-state index contributed by atoms with van der Waals surface area (Å²) in [5.41, 5.74) is 4.61. The van der Waals surface area contributed by atoms with Crippen LogP contribution in [0, 0.1) is 0 Å². The van der Waals surface area contributed by atoms with E-state index in [2.05, 4.69) is 13.8 Å². The highest BCUT2D eigenvalue weighted by molar-refractivity contribution is 7.78. The van der Waals surface area contributed by atoms with E-state index < -0.39 is 7.26 Å². The van der Waals surface area contributed by atoms with Crippen LogP contribution in [0.5, 0.6) is 0 Å². The fourth-order valence-corrected chi connectivity index (χ4v) is 14.3. The number of hydrogen-bond acceptors (Lipinski definition) is 0. The molecule has 0 radical (unpaired) electrons. The normalized spacial score (nSPS) is 27.9. The maximum absolute atomic E-state index is 2.63. The second kappa shape index (κ2) is 6.05. The molecule has 1 heteroatoms. The highest BCUT2D eigenvalue weighted by Crippen LogP contribution is 2.80. The van der Waals surface area contributed by atoms with Crippen LogP contribution in [-0.4, -0.2) is 22.6 Å². The number of hydrogen-bond donors (Lipinski definition) is 0. The van der Waals surface area contributed by atoms with Gasteiger partial charge in [0.1, 0.15) is 0 Å². The van der Waals surface area contributed by atoms with Crippen LogP contribution in [-0.2, 0) is 0 Å². The van der Waals surface area contributed by atoms with Gasteiger partial charge in [-0.1, -0.05) is 0 Å². The molecular formula is C18H34P+. The van der Waals surface area contributed by atoms with Crippen molar-refractivity contribution in [2.45, 2.75) is 114 Å². The second-order valence-corrected chi connectivity index (χ2v) is 12.8. The monoisotopic (exact) mass is 281 g/mol. The van der Waals surface area contributed by atoms with Gasteiger partial charge in [-0.2, -0.15) is 0 Å². The van der Waals surface area contributed by atoms with Crippen LogP contribution in [0.4, 0.5) is 0 Å². The molecule has 0 unspecified atom stereocenters. The highest BCUT2D eigenvalue weighted by Gasteiger charge is 2.60. The van der Waals surface area contributed by atoms with Gasteiger partial charge in [-0.15, -0.1) is 0 Å². The lowest BCUT2D eigenvalue weighted by atomic mass is 10.3. The van der Waals surface area contributed by atoms with Crippen molar-refractivity contribution in [2.75, 3.05) is 0 Å². The smallest absolute Gasteiger partial charge is 0.0494 e. The number of rotatable bonds is 4. The summed E-state index contributed by atoms with van der Waals surface area (Å²) in [4.78, 5) is 0. The lowest BCUT2D eigenvalue weighted by Gasteiger charge is -2.45. The summed E-state index contributed by atoms with van der Waals surface area (Å²) in [6.45, 7) is 5.26. The maximum atomic E-state index is 2.63. The molecule has 3 aliphatic carbocycles. The van der Waals surface area contributed by atoms with E-state index in [0.29, 0.717) is 0 Å². The van der Waals surface area contributed by atoms with E-state index in [-0.39, 0.29) is 0 Å². The molecule has 0 aliphatic heterocycles. The Morgan fingerprint density at radius 1 is 0.579 bits per heavy atom. The molecule has 0 atom stereocenters. The summed E-state index contributed by atoms with van der Waals surface area (Å²) in [6, 6.07) is 0. The molecule has 0 aromatic carbocycles. The van der Waals surface area contributed by atoms with Crippen LogP contribution in [0.25, 0.3) is 0 Å². The van der Waals surface area contributed by atoms with Crippen molar-refractivity contribution >= 4 is 7.26 Å². The van der Waals surface area contributed by atoms with Gasteiger partial charge < -0.3 is 0 Å². The Bertz CT molecular complexity index is 237. The zero-order chi connectivity index (χ0) is 13.3. The molecule has 0 nitrogen and oxygen atoms in total. The third-order valence-corrected chi connectivity index (χ3v) is 13.9. The average Bonchev–Trinajstić information content (AvgIpc) is 3.15. The topological polar surface area (TPSA) is 0 Å². The Labute approximate surface area is 121 Å². The lowest BCUT2D eigenvalue weighted by Crippen LogP contribution is -2.34. The first-order valence-electron chi connectivity index (χ1n) is 9.14. The molecule has 0 heterocycles. The molecule has 19 heavy (non-hydrogen) atoms. The molecule has 3 rings (SSSR count). The van der Waals surface area contributed by atoms with Gasteiger partial charge >= 0.3 is 0 Å². The zero-order valence-electron chi connectivity index (χ0n) is 13.2. The first kappa shape index (κ1) is 14.4. The van der Waals surface area contributed by atoms with Gasteiger partial charge in [0, 0.05) is 7.26 Å². The van der Waals surface area contributed by atoms with Crippen molar-refractivity contribution in [3.63, 3.8) is 0 Å². The summed E-state index contributed by atoms with van der Waals surface area (Å²) >= 11 is 0. The molecular weight excluding hydrogens is 247 g/mol. The molecule has 0 amide bonds. The van der Waals surface area contributed by atoms with Gasteiger partial charge in [0.15, 0.2) is 0 Å². The van der Waals surface area contributed by atoms with Gasteiger partial charge in [-0.3, -0.25) is 0 Å². The summed E-state index contributed by atoms with van der Waals surface area (Å²) in [5.74, 6) is 0. The minimum absolute atomic E-state index is 0.711. The standard InChI is InChI=1S/C18H34P/c1-15(2)19(16-9-3-4-10-16,17-11-5-6-12-17)18-13-7-8-14-18/h15-18H,3-14H2,1-2H3/q+1. The Kier molecular flexibility index (Phi) is 4.57. The maximum Gasteiger partial charge on any atom is 0.0705 e. The van der Waals surface area contributed by atoms with Crippen molar-refractivity contribution in [3.05, 3.63) is 0 Å². The Balaban J connectivity index is 1.93. The quantitative estimate of drug-likeness (QED) is 0.535. The lowest BCUT2D eigenvalue weighted by molar-refractivity contribution is 0.727. The molecule has 0 aromatic rings. The van der Waals surface area contributed by atoms with E-state index in [0.717, 1.165) is 5.66 Å². The van der Waals surface area contributed by atoms with Gasteiger partial charge in [-0.25, -0.2) is 0 Å². The molecule has 0 spiro atoms. The average molecular weight is 281 g/mol. The van der Waals surface area contributed by atoms with Crippen LogP contribution >= 0.6 is 7.26 Å². The second-order valence-electron chi connectivity index (χ2n) is 7.80. The molecule has 0 N–H and O–H groups in total. The van der Waals surface area contributed by atoms with Gasteiger partial charge in [0.25, 0.3) is 0 Å². The SMILES string of the molecule is CC(C)[P+](C1CCCC1)(C1CCCC1)C1CCCC1. The molecule has 110 valence electrons. The third-order valence-electron chi connectivity index (χ3n) is 6.77. The first-order chi connectivity index (χ1) is 9.26. The van der Waals surface area contributed by atoms with E-state index in [1.807, 2.05) is 0 Å². The first-order valence-corrected chi connectivity index (χ1v) is 11.2. The molecule has 3 aliphatic rings. The summed E-state index contributed by atoms with van der Waals surface area (Å²) in [5, 5.41) is 0. The Morgan fingerprint density at radius 2 is 0.842 bits per heavy atom. The predicted molar refractivity (Wildman–Crippen MR) is 88.8 cm³/mol. The largest absolute Gasteiger partial charge is 0.0705 e. The van der Waals surface area contributed by atoms with Crippen molar-refractivity contribution in [1.29, 1.82) is 0 Å². The van der Waals surface area contributed by atoms with Gasteiger partial charge in [0.05, 0.1) is 22.6 Å². The molecule has 0 saturated heterocycles. The molecule has 0 aromatic heterocycles. The van der Waals surface area contributed by atoms with Crippen molar-refractivity contribution < 1.29 is 0 Å². The molecule has 0 bridgehead atoms. The molecule has 3 saturated carbocycles. The van der Waals surface area contributed by atoms with E-state index in [4.69, 9.17) is 0 Å².